The zero-order valence-electron chi connectivity index (χ0n) is 13.0. The predicted octanol–water partition coefficient (Wildman–Crippen LogP) is 3.19. The normalized spacial score (nSPS) is 13.6. The zero-order valence-corrected chi connectivity index (χ0v) is 13.8. The Balaban J connectivity index is 1.77. The summed E-state index contributed by atoms with van der Waals surface area (Å²) in [5.41, 5.74) is 2.03. The van der Waals surface area contributed by atoms with E-state index in [1.54, 1.807) is 42.0 Å². The Kier molecular flexibility index (Phi) is 3.78. The van der Waals surface area contributed by atoms with Crippen LogP contribution in [-0.4, -0.2) is 33.3 Å². The number of amides is 1. The highest BCUT2D eigenvalue weighted by molar-refractivity contribution is 7.99. The van der Waals surface area contributed by atoms with Crippen LogP contribution >= 0.6 is 11.8 Å². The molecule has 0 aliphatic carbocycles. The van der Waals surface area contributed by atoms with Gasteiger partial charge in [0.2, 0.25) is 0 Å². The molecule has 0 saturated heterocycles. The van der Waals surface area contributed by atoms with Gasteiger partial charge in [0, 0.05) is 23.4 Å². The second-order valence-corrected chi connectivity index (χ2v) is 6.48. The van der Waals surface area contributed by atoms with Crippen LogP contribution in [0.1, 0.15) is 16.2 Å². The van der Waals surface area contributed by atoms with Gasteiger partial charge in [0.1, 0.15) is 0 Å². The van der Waals surface area contributed by atoms with E-state index in [1.807, 2.05) is 24.3 Å². The van der Waals surface area contributed by atoms with Gasteiger partial charge < -0.3 is 9.42 Å². The second kappa shape index (κ2) is 6.09. The maximum atomic E-state index is 13.2. The molecule has 1 aliphatic heterocycles. The van der Waals surface area contributed by atoms with E-state index in [4.69, 9.17) is 4.52 Å². The summed E-state index contributed by atoms with van der Waals surface area (Å²) in [6, 6.07) is 9.24. The topological polar surface area (TPSA) is 72.1 Å². The minimum atomic E-state index is -0.0870. The smallest absolute Gasteiger partial charge is 0.259 e. The van der Waals surface area contributed by atoms with Crippen molar-refractivity contribution < 1.29 is 9.32 Å². The van der Waals surface area contributed by atoms with E-state index in [1.165, 1.54) is 0 Å². The standard InChI is InChI=1S/C17H14N4O2S/c1-11-19-16(23-20-11)12-4-2-3-5-13(12)17(22)21-8-9-24-15-6-7-18-10-14(15)21/h2-7,10H,8-9H2,1H3. The summed E-state index contributed by atoms with van der Waals surface area (Å²) in [6.45, 7) is 2.39. The summed E-state index contributed by atoms with van der Waals surface area (Å²) >= 11 is 1.73. The van der Waals surface area contributed by atoms with Crippen molar-refractivity contribution in [1.82, 2.24) is 15.1 Å². The van der Waals surface area contributed by atoms with Crippen molar-refractivity contribution in [3.05, 3.63) is 54.1 Å². The van der Waals surface area contributed by atoms with E-state index < -0.39 is 0 Å². The number of hydrogen-bond acceptors (Lipinski definition) is 6. The average molecular weight is 338 g/mol. The van der Waals surface area contributed by atoms with Crippen LogP contribution in [0.2, 0.25) is 0 Å². The number of pyridine rings is 1. The molecule has 1 amide bonds. The molecular weight excluding hydrogens is 324 g/mol. The van der Waals surface area contributed by atoms with Crippen LogP contribution in [0.5, 0.6) is 0 Å². The molecule has 0 bridgehead atoms. The van der Waals surface area contributed by atoms with Crippen molar-refractivity contribution in [2.75, 3.05) is 17.2 Å². The number of carbonyl (C=O) groups excluding carboxylic acids is 1. The molecule has 0 N–H and O–H groups in total. The second-order valence-electron chi connectivity index (χ2n) is 5.34. The minimum Gasteiger partial charge on any atom is -0.334 e. The molecule has 1 aliphatic rings. The van der Waals surface area contributed by atoms with Crippen molar-refractivity contribution >= 4 is 23.4 Å². The fourth-order valence-corrected chi connectivity index (χ4v) is 3.65. The lowest BCUT2D eigenvalue weighted by molar-refractivity contribution is 0.0988. The van der Waals surface area contributed by atoms with Crippen molar-refractivity contribution in [1.29, 1.82) is 0 Å². The average Bonchev–Trinajstić information content (AvgIpc) is 3.07. The van der Waals surface area contributed by atoms with Crippen LogP contribution < -0.4 is 4.90 Å². The van der Waals surface area contributed by atoms with E-state index >= 15 is 0 Å². The number of nitrogens with zero attached hydrogens (tertiary/aromatic N) is 4. The summed E-state index contributed by atoms with van der Waals surface area (Å²) in [4.78, 5) is 24.4. The third-order valence-corrected chi connectivity index (χ3v) is 4.83. The Morgan fingerprint density at radius 2 is 2.17 bits per heavy atom. The molecule has 0 radical (unpaired) electrons. The summed E-state index contributed by atoms with van der Waals surface area (Å²) < 4.78 is 5.25. The lowest BCUT2D eigenvalue weighted by atomic mass is 10.1. The van der Waals surface area contributed by atoms with Crippen molar-refractivity contribution in [3.63, 3.8) is 0 Å². The van der Waals surface area contributed by atoms with Gasteiger partial charge in [0.15, 0.2) is 5.82 Å². The molecule has 120 valence electrons. The summed E-state index contributed by atoms with van der Waals surface area (Å²) in [7, 11) is 0. The Hall–Kier alpha value is -2.67. The Morgan fingerprint density at radius 3 is 3.00 bits per heavy atom. The van der Waals surface area contributed by atoms with E-state index in [9.17, 15) is 4.79 Å². The highest BCUT2D eigenvalue weighted by Gasteiger charge is 2.27. The third kappa shape index (κ3) is 2.56. The molecule has 2 aromatic heterocycles. The number of anilines is 1. The monoisotopic (exact) mass is 338 g/mol. The molecule has 3 heterocycles. The first-order valence-corrected chi connectivity index (χ1v) is 8.51. The molecule has 24 heavy (non-hydrogen) atoms. The van der Waals surface area contributed by atoms with Gasteiger partial charge in [0.05, 0.1) is 23.0 Å². The molecule has 3 aromatic rings. The Morgan fingerprint density at radius 1 is 1.29 bits per heavy atom. The zero-order chi connectivity index (χ0) is 16.5. The maximum absolute atomic E-state index is 13.2. The van der Waals surface area contributed by atoms with Crippen LogP contribution in [-0.2, 0) is 0 Å². The summed E-state index contributed by atoms with van der Waals surface area (Å²) in [6.07, 6.45) is 3.48. The first-order chi connectivity index (χ1) is 11.7. The lowest BCUT2D eigenvalue weighted by Gasteiger charge is -2.28. The van der Waals surface area contributed by atoms with Crippen molar-refractivity contribution in [2.45, 2.75) is 11.8 Å². The fraction of sp³-hybridized carbons (Fsp3) is 0.176. The fourth-order valence-electron chi connectivity index (χ4n) is 2.68. The van der Waals surface area contributed by atoms with Gasteiger partial charge in [-0.2, -0.15) is 4.98 Å². The van der Waals surface area contributed by atoms with Crippen molar-refractivity contribution in [3.8, 4) is 11.5 Å². The highest BCUT2D eigenvalue weighted by Crippen LogP contribution is 2.35. The molecule has 6 nitrogen and oxygen atoms in total. The lowest BCUT2D eigenvalue weighted by Crippen LogP contribution is -2.35. The van der Waals surface area contributed by atoms with Gasteiger partial charge in [0.25, 0.3) is 11.8 Å². The van der Waals surface area contributed by atoms with Gasteiger partial charge in [-0.15, -0.1) is 11.8 Å². The van der Waals surface area contributed by atoms with Crippen LogP contribution in [0.3, 0.4) is 0 Å². The number of benzene rings is 1. The number of rotatable bonds is 2. The Labute approximate surface area is 142 Å². The number of hydrogen-bond donors (Lipinski definition) is 0. The van der Waals surface area contributed by atoms with Crippen LogP contribution in [0, 0.1) is 6.92 Å². The molecule has 0 fully saturated rings. The van der Waals surface area contributed by atoms with Gasteiger partial charge in [-0.25, -0.2) is 0 Å². The maximum Gasteiger partial charge on any atom is 0.259 e. The number of aryl methyl sites for hydroxylation is 1. The molecule has 0 saturated carbocycles. The van der Waals surface area contributed by atoms with E-state index in [-0.39, 0.29) is 5.91 Å². The summed E-state index contributed by atoms with van der Waals surface area (Å²) in [5.74, 6) is 1.66. The SMILES string of the molecule is Cc1noc(-c2ccccc2C(=O)N2CCSc3ccncc32)n1. The van der Waals surface area contributed by atoms with E-state index in [2.05, 4.69) is 15.1 Å². The van der Waals surface area contributed by atoms with E-state index in [0.29, 0.717) is 29.4 Å². The largest absolute Gasteiger partial charge is 0.334 e. The van der Waals surface area contributed by atoms with Gasteiger partial charge in [-0.05, 0) is 25.1 Å². The quantitative estimate of drug-likeness (QED) is 0.714. The number of thioether (sulfide) groups is 1. The predicted molar refractivity (Wildman–Crippen MR) is 91.1 cm³/mol. The first kappa shape index (κ1) is 14.9. The first-order valence-electron chi connectivity index (χ1n) is 7.52. The van der Waals surface area contributed by atoms with Crippen LogP contribution in [0.25, 0.3) is 11.5 Å². The van der Waals surface area contributed by atoms with Gasteiger partial charge in [-0.3, -0.25) is 9.78 Å². The van der Waals surface area contributed by atoms with Gasteiger partial charge in [-0.1, -0.05) is 17.3 Å². The minimum absolute atomic E-state index is 0.0870. The molecule has 0 unspecified atom stereocenters. The number of fused-ring (bicyclic) bond motifs is 1. The number of aromatic nitrogens is 3. The third-order valence-electron chi connectivity index (χ3n) is 3.79. The van der Waals surface area contributed by atoms with Gasteiger partial charge >= 0.3 is 0 Å². The molecule has 7 heteroatoms. The molecule has 1 aromatic carbocycles. The van der Waals surface area contributed by atoms with Crippen molar-refractivity contribution in [2.24, 2.45) is 0 Å². The Bertz CT molecular complexity index is 909. The summed E-state index contributed by atoms with van der Waals surface area (Å²) in [5, 5.41) is 3.82. The van der Waals surface area contributed by atoms with Crippen LogP contribution in [0.15, 0.2) is 52.1 Å². The number of carbonyl (C=O) groups is 1. The van der Waals surface area contributed by atoms with E-state index in [0.717, 1.165) is 16.3 Å². The highest BCUT2D eigenvalue weighted by atomic mass is 32.2. The molecule has 0 atom stereocenters. The molecule has 0 spiro atoms. The molecule has 4 rings (SSSR count). The van der Waals surface area contributed by atoms with Crippen LogP contribution in [0.4, 0.5) is 5.69 Å². The molecular formula is C17H14N4O2S.